The van der Waals surface area contributed by atoms with Crippen LogP contribution in [0, 0.1) is 6.92 Å². The molecular formula is C32H25N3S. The Bertz CT molecular complexity index is 1760. The Balaban J connectivity index is 1.20. The van der Waals surface area contributed by atoms with Crippen molar-refractivity contribution in [1.82, 2.24) is 9.55 Å². The van der Waals surface area contributed by atoms with Crippen LogP contribution in [0.25, 0.3) is 38.3 Å². The Labute approximate surface area is 215 Å². The number of aliphatic imine (C=N–C) groups is 1. The van der Waals surface area contributed by atoms with Crippen LogP contribution in [0.2, 0.25) is 0 Å². The average molecular weight is 484 g/mol. The van der Waals surface area contributed by atoms with Crippen LogP contribution < -0.4 is 0 Å². The molecule has 1 heterocycles. The molecule has 3 nitrogen and oxygen atoms in total. The van der Waals surface area contributed by atoms with Crippen molar-refractivity contribution < 1.29 is 0 Å². The first kappa shape index (κ1) is 22.3. The molecule has 174 valence electrons. The number of aryl methyl sites for hydroxylation is 1. The molecule has 6 rings (SSSR count). The highest BCUT2D eigenvalue weighted by molar-refractivity contribution is 7.80. The van der Waals surface area contributed by atoms with Gasteiger partial charge in [-0.25, -0.2) is 4.98 Å². The Hall–Kier alpha value is -4.15. The lowest BCUT2D eigenvalue weighted by Gasteiger charge is -2.07. The standard InChI is InChI=1S/C32H25N3S/c1-22-9-13-27(14-10-22)35-21-34-32-30-15-11-23(17-26(30)12-16-31(32)35)19-33-20-28(36)18-25-7-4-6-24-5-2-3-8-29(24)25/h2-17,19,21H,18,20H2,1H3. The second-order valence-electron chi connectivity index (χ2n) is 9.19. The predicted molar refractivity (Wildman–Crippen MR) is 156 cm³/mol. The van der Waals surface area contributed by atoms with Gasteiger partial charge in [-0.15, -0.1) is 0 Å². The molecule has 5 aromatic carbocycles. The summed E-state index contributed by atoms with van der Waals surface area (Å²) in [7, 11) is 0. The minimum atomic E-state index is 0.538. The van der Waals surface area contributed by atoms with Gasteiger partial charge in [-0.1, -0.05) is 90.6 Å². The Morgan fingerprint density at radius 1 is 0.861 bits per heavy atom. The van der Waals surface area contributed by atoms with E-state index in [1.54, 1.807) is 0 Å². The first-order chi connectivity index (χ1) is 17.7. The van der Waals surface area contributed by atoms with Crippen molar-refractivity contribution in [2.75, 3.05) is 6.54 Å². The van der Waals surface area contributed by atoms with E-state index < -0.39 is 0 Å². The van der Waals surface area contributed by atoms with Gasteiger partial charge in [0.15, 0.2) is 0 Å². The van der Waals surface area contributed by atoms with Gasteiger partial charge in [0.2, 0.25) is 0 Å². The van der Waals surface area contributed by atoms with Crippen LogP contribution in [-0.4, -0.2) is 27.2 Å². The van der Waals surface area contributed by atoms with Crippen molar-refractivity contribution in [3.05, 3.63) is 120 Å². The maximum atomic E-state index is 5.67. The van der Waals surface area contributed by atoms with Crippen LogP contribution in [0.1, 0.15) is 16.7 Å². The lowest BCUT2D eigenvalue weighted by atomic mass is 10.0. The van der Waals surface area contributed by atoms with Crippen molar-refractivity contribution in [2.24, 2.45) is 4.99 Å². The van der Waals surface area contributed by atoms with Gasteiger partial charge < -0.3 is 0 Å². The summed E-state index contributed by atoms with van der Waals surface area (Å²) >= 11 is 5.67. The summed E-state index contributed by atoms with van der Waals surface area (Å²) < 4.78 is 2.14. The monoisotopic (exact) mass is 483 g/mol. The summed E-state index contributed by atoms with van der Waals surface area (Å²) in [6.45, 7) is 2.64. The fourth-order valence-electron chi connectivity index (χ4n) is 4.79. The predicted octanol–water partition coefficient (Wildman–Crippen LogP) is 7.67. The summed E-state index contributed by atoms with van der Waals surface area (Å²) in [5, 5.41) is 4.80. The molecular weight excluding hydrogens is 458 g/mol. The molecule has 0 amide bonds. The molecule has 0 saturated heterocycles. The van der Waals surface area contributed by atoms with Gasteiger partial charge in [0.25, 0.3) is 0 Å². The summed E-state index contributed by atoms with van der Waals surface area (Å²) in [6.07, 6.45) is 4.58. The van der Waals surface area contributed by atoms with E-state index in [2.05, 4.69) is 114 Å². The molecule has 0 spiro atoms. The molecule has 6 aromatic rings. The van der Waals surface area contributed by atoms with Gasteiger partial charge in [0.1, 0.15) is 6.33 Å². The van der Waals surface area contributed by atoms with Crippen molar-refractivity contribution in [3.8, 4) is 5.69 Å². The summed E-state index contributed by atoms with van der Waals surface area (Å²) in [6, 6.07) is 34.1. The third kappa shape index (κ3) is 4.32. The van der Waals surface area contributed by atoms with Crippen LogP contribution in [0.5, 0.6) is 0 Å². The first-order valence-corrected chi connectivity index (χ1v) is 12.5. The summed E-state index contributed by atoms with van der Waals surface area (Å²) in [4.78, 5) is 10.3. The molecule has 4 heteroatoms. The van der Waals surface area contributed by atoms with E-state index in [9.17, 15) is 0 Å². The quantitative estimate of drug-likeness (QED) is 0.180. The Kier molecular flexibility index (Phi) is 5.88. The van der Waals surface area contributed by atoms with Crippen LogP contribution in [-0.2, 0) is 6.42 Å². The third-order valence-corrected chi connectivity index (χ3v) is 6.92. The fraction of sp³-hybridized carbons (Fsp3) is 0.0938. The zero-order valence-electron chi connectivity index (χ0n) is 20.1. The molecule has 0 aliphatic carbocycles. The lowest BCUT2D eigenvalue weighted by Crippen LogP contribution is -2.04. The highest BCUT2D eigenvalue weighted by Gasteiger charge is 2.09. The van der Waals surface area contributed by atoms with E-state index in [4.69, 9.17) is 17.2 Å². The van der Waals surface area contributed by atoms with E-state index >= 15 is 0 Å². The molecule has 0 aliphatic rings. The number of imidazole rings is 1. The van der Waals surface area contributed by atoms with Gasteiger partial charge in [-0.3, -0.25) is 9.56 Å². The zero-order chi connectivity index (χ0) is 24.5. The van der Waals surface area contributed by atoms with Crippen LogP contribution in [0.3, 0.4) is 0 Å². The minimum Gasteiger partial charge on any atom is -0.299 e. The van der Waals surface area contributed by atoms with E-state index in [1.165, 1.54) is 21.9 Å². The molecule has 0 aliphatic heterocycles. The number of aromatic nitrogens is 2. The van der Waals surface area contributed by atoms with Crippen LogP contribution in [0.4, 0.5) is 0 Å². The summed E-state index contributed by atoms with van der Waals surface area (Å²) in [5.41, 5.74) is 6.79. The van der Waals surface area contributed by atoms with Gasteiger partial charge in [-0.05, 0) is 58.5 Å². The lowest BCUT2D eigenvalue weighted by molar-refractivity contribution is 1.09. The van der Waals surface area contributed by atoms with Gasteiger partial charge >= 0.3 is 0 Å². The largest absolute Gasteiger partial charge is 0.299 e. The van der Waals surface area contributed by atoms with Crippen molar-refractivity contribution in [2.45, 2.75) is 13.3 Å². The molecule has 0 bridgehead atoms. The molecule has 1 aromatic heterocycles. The Morgan fingerprint density at radius 2 is 1.69 bits per heavy atom. The van der Waals surface area contributed by atoms with Crippen molar-refractivity contribution in [1.29, 1.82) is 0 Å². The van der Waals surface area contributed by atoms with Crippen LogP contribution in [0.15, 0.2) is 108 Å². The topological polar surface area (TPSA) is 30.2 Å². The smallest absolute Gasteiger partial charge is 0.100 e. The molecule has 0 unspecified atom stereocenters. The van der Waals surface area contributed by atoms with Gasteiger partial charge in [0.05, 0.1) is 17.6 Å². The number of benzene rings is 5. The minimum absolute atomic E-state index is 0.538. The summed E-state index contributed by atoms with van der Waals surface area (Å²) in [5.74, 6) is 0. The second kappa shape index (κ2) is 9.48. The highest BCUT2D eigenvalue weighted by atomic mass is 32.1. The van der Waals surface area contributed by atoms with Gasteiger partial charge in [-0.2, -0.15) is 0 Å². The molecule has 0 saturated carbocycles. The maximum absolute atomic E-state index is 5.67. The molecule has 0 N–H and O–H groups in total. The van der Waals surface area contributed by atoms with Crippen LogP contribution >= 0.6 is 12.2 Å². The van der Waals surface area contributed by atoms with E-state index in [0.717, 1.165) is 44.3 Å². The molecule has 0 fully saturated rings. The van der Waals surface area contributed by atoms with E-state index in [0.29, 0.717) is 6.54 Å². The molecule has 36 heavy (non-hydrogen) atoms. The number of fused-ring (bicyclic) bond motifs is 4. The number of thiocarbonyl (C=S) groups is 1. The molecule has 0 atom stereocenters. The SMILES string of the molecule is Cc1ccc(-n2cnc3c4ccc(C=NCC(=S)Cc5cccc6ccccc56)cc4ccc32)cc1. The first-order valence-electron chi connectivity index (χ1n) is 12.1. The highest BCUT2D eigenvalue weighted by Crippen LogP contribution is 2.27. The Morgan fingerprint density at radius 3 is 2.58 bits per heavy atom. The zero-order valence-corrected chi connectivity index (χ0v) is 20.9. The second-order valence-corrected chi connectivity index (χ2v) is 9.76. The normalized spacial score (nSPS) is 11.7. The molecule has 0 radical (unpaired) electrons. The fourth-order valence-corrected chi connectivity index (χ4v) is 5.02. The van der Waals surface area contributed by atoms with Crippen molar-refractivity contribution >= 4 is 55.9 Å². The number of hydrogen-bond acceptors (Lipinski definition) is 3. The van der Waals surface area contributed by atoms with E-state index in [-0.39, 0.29) is 0 Å². The third-order valence-electron chi connectivity index (χ3n) is 6.64. The number of hydrogen-bond donors (Lipinski definition) is 0. The average Bonchev–Trinajstić information content (AvgIpc) is 3.34. The number of rotatable bonds is 6. The van der Waals surface area contributed by atoms with Crippen molar-refractivity contribution in [3.63, 3.8) is 0 Å². The van der Waals surface area contributed by atoms with E-state index in [1.807, 2.05) is 12.5 Å². The maximum Gasteiger partial charge on any atom is 0.100 e. The van der Waals surface area contributed by atoms with Gasteiger partial charge in [0, 0.05) is 28.6 Å². The number of nitrogens with zero attached hydrogens (tertiary/aromatic N) is 3.